The molecule has 6 heteroatoms. The molecule has 0 unspecified atom stereocenters. The zero-order valence-electron chi connectivity index (χ0n) is 14.3. The molecule has 2 aliphatic rings. The molecule has 132 valence electrons. The van der Waals surface area contributed by atoms with Crippen LogP contribution < -0.4 is 5.32 Å². The zero-order chi connectivity index (χ0) is 17.2. The van der Waals surface area contributed by atoms with Gasteiger partial charge in [-0.1, -0.05) is 19.3 Å². The minimum atomic E-state index is -0.338. The third-order valence-electron chi connectivity index (χ3n) is 5.50. The topological polar surface area (TPSA) is 78.1 Å². The highest BCUT2D eigenvalue weighted by Gasteiger charge is 2.37. The number of nitrogens with one attached hydrogen (secondary N) is 2. The first-order chi connectivity index (χ1) is 12.2. The number of amides is 2. The van der Waals surface area contributed by atoms with Crippen LogP contribution in [0, 0.1) is 5.92 Å². The predicted octanol–water partition coefficient (Wildman–Crippen LogP) is 3.07. The van der Waals surface area contributed by atoms with Gasteiger partial charge in [0.05, 0.1) is 11.7 Å². The van der Waals surface area contributed by atoms with E-state index >= 15 is 0 Å². The highest BCUT2D eigenvalue weighted by Crippen LogP contribution is 2.29. The van der Waals surface area contributed by atoms with Crippen molar-refractivity contribution in [1.82, 2.24) is 15.1 Å². The van der Waals surface area contributed by atoms with Crippen molar-refractivity contribution in [2.24, 2.45) is 5.92 Å². The third-order valence-corrected chi connectivity index (χ3v) is 5.50. The van der Waals surface area contributed by atoms with Gasteiger partial charge in [0.2, 0.25) is 11.8 Å². The number of H-pyrrole nitrogens is 1. The summed E-state index contributed by atoms with van der Waals surface area (Å²) < 4.78 is 0. The van der Waals surface area contributed by atoms with E-state index in [1.807, 2.05) is 23.1 Å². The number of hydrogen-bond donors (Lipinski definition) is 2. The Labute approximate surface area is 147 Å². The van der Waals surface area contributed by atoms with E-state index in [-0.39, 0.29) is 23.8 Å². The summed E-state index contributed by atoms with van der Waals surface area (Å²) in [5, 5.41) is 10.8. The highest BCUT2D eigenvalue weighted by molar-refractivity contribution is 5.99. The summed E-state index contributed by atoms with van der Waals surface area (Å²) in [5.74, 6) is 0.219. The number of aromatic amines is 1. The molecule has 4 rings (SSSR count). The van der Waals surface area contributed by atoms with Gasteiger partial charge in [0, 0.05) is 23.5 Å². The quantitative estimate of drug-likeness (QED) is 0.901. The molecule has 1 aliphatic heterocycles. The first-order valence-electron chi connectivity index (χ1n) is 9.27. The van der Waals surface area contributed by atoms with E-state index in [2.05, 4.69) is 15.5 Å². The van der Waals surface area contributed by atoms with Gasteiger partial charge in [0.25, 0.3) is 0 Å². The number of hydrogen-bond acceptors (Lipinski definition) is 3. The summed E-state index contributed by atoms with van der Waals surface area (Å²) in [4.78, 5) is 27.4. The summed E-state index contributed by atoms with van der Waals surface area (Å²) in [6.45, 7) is 0.703. The van der Waals surface area contributed by atoms with E-state index < -0.39 is 0 Å². The molecule has 0 spiro atoms. The molecule has 1 saturated heterocycles. The molecular weight excluding hydrogens is 316 g/mol. The molecular formula is C19H24N4O2. The number of fused-ring (bicyclic) bond motifs is 1. The van der Waals surface area contributed by atoms with E-state index in [4.69, 9.17) is 0 Å². The highest BCUT2D eigenvalue weighted by atomic mass is 16.2. The predicted molar refractivity (Wildman–Crippen MR) is 96.0 cm³/mol. The van der Waals surface area contributed by atoms with Gasteiger partial charge in [-0.05, 0) is 43.9 Å². The number of likely N-dealkylation sites (tertiary alicyclic amines) is 1. The van der Waals surface area contributed by atoms with Crippen molar-refractivity contribution in [2.75, 3.05) is 11.9 Å². The molecule has 6 nitrogen and oxygen atoms in total. The van der Waals surface area contributed by atoms with Gasteiger partial charge in [-0.3, -0.25) is 14.7 Å². The number of aromatic nitrogens is 2. The molecule has 1 aromatic carbocycles. The van der Waals surface area contributed by atoms with Crippen LogP contribution in [0.3, 0.4) is 0 Å². The van der Waals surface area contributed by atoms with Gasteiger partial charge in [0.1, 0.15) is 6.04 Å². The van der Waals surface area contributed by atoms with Crippen LogP contribution in [0.15, 0.2) is 24.4 Å². The normalized spacial score (nSPS) is 21.6. The average Bonchev–Trinajstić information content (AvgIpc) is 3.30. The van der Waals surface area contributed by atoms with Crippen LogP contribution in [0.25, 0.3) is 10.9 Å². The largest absolute Gasteiger partial charge is 0.330 e. The second kappa shape index (κ2) is 6.86. The summed E-state index contributed by atoms with van der Waals surface area (Å²) in [6.07, 6.45) is 8.82. The fraction of sp³-hybridized carbons (Fsp3) is 0.526. The van der Waals surface area contributed by atoms with Crippen molar-refractivity contribution < 1.29 is 9.59 Å². The Bertz CT molecular complexity index is 779. The smallest absolute Gasteiger partial charge is 0.247 e. The van der Waals surface area contributed by atoms with E-state index in [1.165, 1.54) is 6.42 Å². The van der Waals surface area contributed by atoms with E-state index in [0.717, 1.165) is 55.1 Å². The lowest BCUT2D eigenvalue weighted by atomic mass is 9.88. The van der Waals surface area contributed by atoms with Crippen LogP contribution in [0.4, 0.5) is 5.69 Å². The number of carbonyl (C=O) groups is 2. The third kappa shape index (κ3) is 3.25. The molecule has 1 aromatic heterocycles. The number of anilines is 1. The second-order valence-corrected chi connectivity index (χ2v) is 7.19. The van der Waals surface area contributed by atoms with Crippen molar-refractivity contribution >= 4 is 28.4 Å². The SMILES string of the molecule is O=C(Nc1ccc2[nH]ncc2c1)[C@@H]1CCCN1C(=O)C1CCCCC1. The van der Waals surface area contributed by atoms with Crippen LogP contribution in [-0.4, -0.2) is 39.5 Å². The fourth-order valence-electron chi connectivity index (χ4n) is 4.13. The van der Waals surface area contributed by atoms with E-state index in [0.29, 0.717) is 6.54 Å². The van der Waals surface area contributed by atoms with Gasteiger partial charge in [-0.2, -0.15) is 5.10 Å². The fourth-order valence-corrected chi connectivity index (χ4v) is 4.13. The average molecular weight is 340 g/mol. The van der Waals surface area contributed by atoms with Crippen LogP contribution in [0.2, 0.25) is 0 Å². The van der Waals surface area contributed by atoms with Gasteiger partial charge in [0.15, 0.2) is 0 Å². The van der Waals surface area contributed by atoms with Crippen molar-refractivity contribution in [1.29, 1.82) is 0 Å². The van der Waals surface area contributed by atoms with Crippen LogP contribution in [0.5, 0.6) is 0 Å². The molecule has 0 radical (unpaired) electrons. The Morgan fingerprint density at radius 1 is 1.12 bits per heavy atom. The summed E-state index contributed by atoms with van der Waals surface area (Å²) in [6, 6.07) is 5.33. The van der Waals surface area contributed by atoms with Gasteiger partial charge in [-0.15, -0.1) is 0 Å². The monoisotopic (exact) mass is 340 g/mol. The number of benzene rings is 1. The molecule has 2 N–H and O–H groups in total. The van der Waals surface area contributed by atoms with Crippen LogP contribution in [0.1, 0.15) is 44.9 Å². The molecule has 2 heterocycles. The van der Waals surface area contributed by atoms with Crippen LogP contribution in [-0.2, 0) is 9.59 Å². The Balaban J connectivity index is 1.45. The minimum Gasteiger partial charge on any atom is -0.330 e. The minimum absolute atomic E-state index is 0.0792. The van der Waals surface area contributed by atoms with Crippen molar-refractivity contribution in [3.05, 3.63) is 24.4 Å². The van der Waals surface area contributed by atoms with E-state index in [9.17, 15) is 9.59 Å². The molecule has 2 fully saturated rings. The lowest BCUT2D eigenvalue weighted by Crippen LogP contribution is -2.46. The second-order valence-electron chi connectivity index (χ2n) is 7.19. The summed E-state index contributed by atoms with van der Waals surface area (Å²) in [5.41, 5.74) is 1.68. The zero-order valence-corrected chi connectivity index (χ0v) is 14.3. The van der Waals surface area contributed by atoms with Crippen molar-refractivity contribution in [3.63, 3.8) is 0 Å². The van der Waals surface area contributed by atoms with E-state index in [1.54, 1.807) is 6.20 Å². The first kappa shape index (κ1) is 16.1. The Morgan fingerprint density at radius 3 is 2.80 bits per heavy atom. The Kier molecular flexibility index (Phi) is 4.42. The number of rotatable bonds is 3. The maximum absolute atomic E-state index is 12.8. The van der Waals surface area contributed by atoms with Crippen LogP contribution >= 0.6 is 0 Å². The van der Waals surface area contributed by atoms with Gasteiger partial charge < -0.3 is 10.2 Å². The maximum Gasteiger partial charge on any atom is 0.247 e. The Hall–Kier alpha value is -2.37. The molecule has 2 aromatic rings. The molecule has 1 saturated carbocycles. The molecule has 25 heavy (non-hydrogen) atoms. The number of nitrogens with zero attached hydrogens (tertiary/aromatic N) is 2. The Morgan fingerprint density at radius 2 is 1.96 bits per heavy atom. The molecule has 1 aliphatic carbocycles. The summed E-state index contributed by atoms with van der Waals surface area (Å²) >= 11 is 0. The first-order valence-corrected chi connectivity index (χ1v) is 9.27. The van der Waals surface area contributed by atoms with Crippen molar-refractivity contribution in [2.45, 2.75) is 51.0 Å². The lowest BCUT2D eigenvalue weighted by Gasteiger charge is -2.30. The lowest BCUT2D eigenvalue weighted by molar-refractivity contribution is -0.141. The maximum atomic E-state index is 12.8. The number of carbonyl (C=O) groups excluding carboxylic acids is 2. The van der Waals surface area contributed by atoms with Gasteiger partial charge >= 0.3 is 0 Å². The standard InChI is InChI=1S/C19H24N4O2/c24-18(21-15-8-9-16-14(11-15)12-20-22-16)17-7-4-10-23(17)19(25)13-5-2-1-3-6-13/h8-9,11-13,17H,1-7,10H2,(H,20,22)(H,21,24)/t17-/m0/s1. The molecule has 1 atom stereocenters. The van der Waals surface area contributed by atoms with Gasteiger partial charge in [-0.25, -0.2) is 0 Å². The summed E-state index contributed by atoms with van der Waals surface area (Å²) in [7, 11) is 0. The molecule has 2 amide bonds. The van der Waals surface area contributed by atoms with Crippen molar-refractivity contribution in [3.8, 4) is 0 Å². The molecule has 0 bridgehead atoms.